The number of ether oxygens (including phenoxy) is 2. The highest BCUT2D eigenvalue weighted by Gasteiger charge is 2.62. The summed E-state index contributed by atoms with van der Waals surface area (Å²) in [7, 11) is 1.62. The van der Waals surface area contributed by atoms with E-state index in [1.807, 2.05) is 0 Å². The summed E-state index contributed by atoms with van der Waals surface area (Å²) in [4.78, 5) is 12.4. The lowest BCUT2D eigenvalue weighted by Gasteiger charge is -2.38. The molecule has 2 bridgehead atoms. The molecule has 2 aliphatic carbocycles. The second-order valence-electron chi connectivity index (χ2n) is 7.23. The number of rotatable bonds is 3. The maximum Gasteiger partial charge on any atom is 0.338 e. The van der Waals surface area contributed by atoms with Gasteiger partial charge in [0.2, 0.25) is 0 Å². The second kappa shape index (κ2) is 4.75. The molecule has 2 aliphatic rings. The van der Waals surface area contributed by atoms with Crippen molar-refractivity contribution in [1.29, 1.82) is 0 Å². The zero-order valence-electron chi connectivity index (χ0n) is 13.3. The van der Waals surface area contributed by atoms with Crippen molar-refractivity contribution >= 4 is 5.97 Å². The van der Waals surface area contributed by atoms with Gasteiger partial charge in [-0.2, -0.15) is 0 Å². The van der Waals surface area contributed by atoms with Crippen LogP contribution in [0, 0.1) is 16.7 Å². The minimum absolute atomic E-state index is 0.0425. The summed E-state index contributed by atoms with van der Waals surface area (Å²) in [6.45, 7) is 6.93. The van der Waals surface area contributed by atoms with Crippen LogP contribution in [0.15, 0.2) is 24.3 Å². The fraction of sp³-hybridized carbons (Fsp3) is 0.611. The van der Waals surface area contributed by atoms with Gasteiger partial charge in [0.25, 0.3) is 0 Å². The monoisotopic (exact) mass is 288 g/mol. The van der Waals surface area contributed by atoms with Crippen LogP contribution in [0.5, 0.6) is 5.75 Å². The molecule has 0 amide bonds. The Kier molecular flexibility index (Phi) is 3.27. The predicted octanol–water partition coefficient (Wildman–Crippen LogP) is 4.07. The summed E-state index contributed by atoms with van der Waals surface area (Å²) < 4.78 is 11.0. The fourth-order valence-corrected chi connectivity index (χ4v) is 4.23. The van der Waals surface area contributed by atoms with Crippen LogP contribution >= 0.6 is 0 Å². The number of hydrogen-bond acceptors (Lipinski definition) is 3. The van der Waals surface area contributed by atoms with E-state index in [1.54, 1.807) is 31.4 Å². The Morgan fingerprint density at radius 3 is 2.33 bits per heavy atom. The molecule has 3 heteroatoms. The number of esters is 1. The Bertz CT molecular complexity index is 546. The molecular weight excluding hydrogens is 264 g/mol. The van der Waals surface area contributed by atoms with Crippen molar-refractivity contribution in [1.82, 2.24) is 0 Å². The Hall–Kier alpha value is -1.51. The zero-order valence-corrected chi connectivity index (χ0v) is 13.3. The van der Waals surface area contributed by atoms with Crippen molar-refractivity contribution in [3.63, 3.8) is 0 Å². The average molecular weight is 288 g/mol. The number of fused-ring (bicyclic) bond motifs is 2. The van der Waals surface area contributed by atoms with E-state index < -0.39 is 0 Å². The van der Waals surface area contributed by atoms with Gasteiger partial charge in [-0.3, -0.25) is 0 Å². The molecule has 0 spiro atoms. The van der Waals surface area contributed by atoms with Crippen LogP contribution in [0.3, 0.4) is 0 Å². The van der Waals surface area contributed by atoms with E-state index in [-0.39, 0.29) is 22.9 Å². The van der Waals surface area contributed by atoms with Crippen LogP contribution in [-0.4, -0.2) is 19.2 Å². The van der Waals surface area contributed by atoms with Gasteiger partial charge in [0.05, 0.1) is 12.7 Å². The Labute approximate surface area is 126 Å². The minimum Gasteiger partial charge on any atom is -0.497 e. The van der Waals surface area contributed by atoms with Crippen molar-refractivity contribution in [2.75, 3.05) is 7.11 Å². The van der Waals surface area contributed by atoms with Crippen LogP contribution in [0.2, 0.25) is 0 Å². The van der Waals surface area contributed by atoms with E-state index in [9.17, 15) is 4.79 Å². The van der Waals surface area contributed by atoms with Crippen molar-refractivity contribution < 1.29 is 14.3 Å². The first-order chi connectivity index (χ1) is 9.88. The average Bonchev–Trinajstić information content (AvgIpc) is 2.80. The summed E-state index contributed by atoms with van der Waals surface area (Å²) >= 11 is 0. The van der Waals surface area contributed by atoms with E-state index in [2.05, 4.69) is 20.8 Å². The molecule has 3 nitrogen and oxygen atoms in total. The Balaban J connectivity index is 1.74. The molecule has 0 saturated heterocycles. The van der Waals surface area contributed by atoms with Gasteiger partial charge in [-0.25, -0.2) is 4.79 Å². The van der Waals surface area contributed by atoms with Gasteiger partial charge in [-0.15, -0.1) is 0 Å². The van der Waals surface area contributed by atoms with E-state index in [0.717, 1.165) is 18.6 Å². The van der Waals surface area contributed by atoms with E-state index in [1.165, 1.54) is 6.42 Å². The standard InChI is InChI=1S/C18H24O3/c1-17(2)13-9-10-18(17,3)15(11-13)21-16(19)12-5-7-14(20-4)8-6-12/h5-8,13,15H,9-11H2,1-4H3. The van der Waals surface area contributed by atoms with Gasteiger partial charge in [0.15, 0.2) is 0 Å². The third kappa shape index (κ3) is 2.05. The molecule has 2 fully saturated rings. The molecule has 3 unspecified atom stereocenters. The molecule has 21 heavy (non-hydrogen) atoms. The van der Waals surface area contributed by atoms with Crippen LogP contribution < -0.4 is 4.74 Å². The van der Waals surface area contributed by atoms with E-state index in [4.69, 9.17) is 9.47 Å². The van der Waals surface area contributed by atoms with Crippen LogP contribution in [0.4, 0.5) is 0 Å². The van der Waals surface area contributed by atoms with Crippen molar-refractivity contribution in [3.8, 4) is 5.75 Å². The summed E-state index contributed by atoms with van der Waals surface area (Å²) in [5, 5.41) is 0. The number of methoxy groups -OCH3 is 1. The first kappa shape index (κ1) is 14.4. The molecule has 3 atom stereocenters. The van der Waals surface area contributed by atoms with E-state index >= 15 is 0 Å². The highest BCUT2D eigenvalue weighted by atomic mass is 16.5. The van der Waals surface area contributed by atoms with Gasteiger partial charge < -0.3 is 9.47 Å². The van der Waals surface area contributed by atoms with E-state index in [0.29, 0.717) is 11.5 Å². The summed E-state index contributed by atoms with van der Waals surface area (Å²) in [5.41, 5.74) is 0.970. The maximum atomic E-state index is 12.4. The van der Waals surface area contributed by atoms with Crippen LogP contribution in [0.1, 0.15) is 50.4 Å². The SMILES string of the molecule is COc1ccc(C(=O)OC2CC3CCC2(C)C3(C)C)cc1. The van der Waals surface area contributed by atoms with Gasteiger partial charge in [-0.05, 0) is 54.9 Å². The first-order valence-electron chi connectivity index (χ1n) is 7.73. The third-order valence-corrected chi connectivity index (χ3v) is 6.29. The van der Waals surface area contributed by atoms with Crippen molar-refractivity contribution in [2.24, 2.45) is 16.7 Å². The number of carbonyl (C=O) groups excluding carboxylic acids is 1. The summed E-state index contributed by atoms with van der Waals surface area (Å²) in [6.07, 6.45) is 3.47. The van der Waals surface area contributed by atoms with Crippen molar-refractivity contribution in [3.05, 3.63) is 29.8 Å². The Morgan fingerprint density at radius 1 is 1.19 bits per heavy atom. The molecule has 114 valence electrons. The predicted molar refractivity (Wildman–Crippen MR) is 81.4 cm³/mol. The van der Waals surface area contributed by atoms with Crippen LogP contribution in [0.25, 0.3) is 0 Å². The molecule has 0 aliphatic heterocycles. The summed E-state index contributed by atoms with van der Waals surface area (Å²) in [5.74, 6) is 1.21. The highest BCUT2D eigenvalue weighted by Crippen LogP contribution is 2.66. The smallest absolute Gasteiger partial charge is 0.338 e. The lowest BCUT2D eigenvalue weighted by Crippen LogP contribution is -2.38. The normalized spacial score (nSPS) is 33.0. The third-order valence-electron chi connectivity index (χ3n) is 6.29. The van der Waals surface area contributed by atoms with Crippen LogP contribution in [-0.2, 0) is 4.74 Å². The number of hydrogen-bond donors (Lipinski definition) is 0. The first-order valence-corrected chi connectivity index (χ1v) is 7.73. The molecule has 2 saturated carbocycles. The Morgan fingerprint density at radius 2 is 1.86 bits per heavy atom. The zero-order chi connectivity index (χ0) is 15.3. The fourth-order valence-electron chi connectivity index (χ4n) is 4.23. The van der Waals surface area contributed by atoms with Gasteiger partial charge in [0.1, 0.15) is 11.9 Å². The molecule has 0 aromatic heterocycles. The number of carbonyl (C=O) groups is 1. The summed E-state index contributed by atoms with van der Waals surface area (Å²) in [6, 6.07) is 7.12. The lowest BCUT2D eigenvalue weighted by molar-refractivity contribution is -0.0242. The second-order valence-corrected chi connectivity index (χ2v) is 7.23. The quantitative estimate of drug-likeness (QED) is 0.787. The molecule has 0 heterocycles. The molecular formula is C18H24O3. The lowest BCUT2D eigenvalue weighted by atomic mass is 9.70. The highest BCUT2D eigenvalue weighted by molar-refractivity contribution is 5.89. The van der Waals surface area contributed by atoms with Gasteiger partial charge in [-0.1, -0.05) is 20.8 Å². The molecule has 3 rings (SSSR count). The van der Waals surface area contributed by atoms with Gasteiger partial charge >= 0.3 is 5.97 Å². The molecule has 0 radical (unpaired) electrons. The van der Waals surface area contributed by atoms with Gasteiger partial charge in [0, 0.05) is 5.41 Å². The topological polar surface area (TPSA) is 35.5 Å². The number of benzene rings is 1. The maximum absolute atomic E-state index is 12.4. The molecule has 0 N–H and O–H groups in total. The minimum atomic E-state index is -0.216. The van der Waals surface area contributed by atoms with Crippen molar-refractivity contribution in [2.45, 2.75) is 46.1 Å². The molecule has 1 aromatic rings. The molecule has 1 aromatic carbocycles. The largest absolute Gasteiger partial charge is 0.497 e.